The van der Waals surface area contributed by atoms with Crippen molar-refractivity contribution in [2.75, 3.05) is 20.2 Å². The number of carbonyl (C=O) groups excluding carboxylic acids is 1. The first-order valence-corrected chi connectivity index (χ1v) is 8.01. The smallest absolute Gasteiger partial charge is 0.278 e. The number of amides is 1. The first-order chi connectivity index (χ1) is 10.9. The Morgan fingerprint density at radius 1 is 1.13 bits per heavy atom. The number of nitrogens with zero attached hydrogens (tertiary/aromatic N) is 2. The van der Waals surface area contributed by atoms with Gasteiger partial charge in [0.15, 0.2) is 0 Å². The van der Waals surface area contributed by atoms with Crippen LogP contribution in [0.2, 0.25) is 0 Å². The Bertz CT molecular complexity index is 650. The molecular weight excluding hydrogens is 292 g/mol. The van der Waals surface area contributed by atoms with Crippen LogP contribution in [0, 0.1) is 20.8 Å². The Kier molecular flexibility index (Phi) is 4.04. The second-order valence-electron chi connectivity index (χ2n) is 6.66. The summed E-state index contributed by atoms with van der Waals surface area (Å²) in [6.07, 6.45) is 3.29. The summed E-state index contributed by atoms with van der Waals surface area (Å²) in [4.78, 5) is 17.9. The molecule has 0 unspecified atom stereocenters. The van der Waals surface area contributed by atoms with Crippen molar-refractivity contribution in [2.24, 2.45) is 0 Å². The molecule has 1 aromatic rings. The zero-order chi connectivity index (χ0) is 16.8. The summed E-state index contributed by atoms with van der Waals surface area (Å²) in [5.41, 5.74) is 4.28. The molecule has 124 valence electrons. The quantitative estimate of drug-likeness (QED) is 0.852. The van der Waals surface area contributed by atoms with Crippen LogP contribution in [-0.4, -0.2) is 47.0 Å². The molecule has 1 fully saturated rings. The molecule has 2 aliphatic heterocycles. The second-order valence-corrected chi connectivity index (χ2v) is 6.66. The van der Waals surface area contributed by atoms with Gasteiger partial charge in [0.05, 0.1) is 12.6 Å². The molecule has 2 heterocycles. The fraction of sp³-hybridized carbons (Fsp3) is 0.500. The lowest BCUT2D eigenvalue weighted by Crippen LogP contribution is -2.51. The molecule has 1 spiro atoms. The number of aryl methyl sites for hydroxylation is 3. The molecule has 5 heteroatoms. The maximum Gasteiger partial charge on any atom is 0.278 e. The number of hydrogen-bond donors (Lipinski definition) is 1. The van der Waals surface area contributed by atoms with Crippen LogP contribution in [0.1, 0.15) is 35.1 Å². The van der Waals surface area contributed by atoms with E-state index in [9.17, 15) is 10.0 Å². The van der Waals surface area contributed by atoms with E-state index in [1.807, 2.05) is 25.0 Å². The van der Waals surface area contributed by atoms with E-state index in [-0.39, 0.29) is 5.91 Å². The molecule has 1 saturated heterocycles. The van der Waals surface area contributed by atoms with Crippen LogP contribution in [0.4, 0.5) is 0 Å². The monoisotopic (exact) mass is 316 g/mol. The molecule has 0 bridgehead atoms. The van der Waals surface area contributed by atoms with E-state index in [1.165, 1.54) is 5.56 Å². The average molecular weight is 316 g/mol. The summed E-state index contributed by atoms with van der Waals surface area (Å²) in [7, 11) is 1.65. The summed E-state index contributed by atoms with van der Waals surface area (Å²) < 4.78 is 0. The topological polar surface area (TPSA) is 53.0 Å². The number of rotatable bonds is 2. The van der Waals surface area contributed by atoms with E-state index in [0.717, 1.165) is 21.8 Å². The molecule has 0 radical (unpaired) electrons. The highest BCUT2D eigenvalue weighted by molar-refractivity contribution is 6.22. The Hall–Kier alpha value is -1.69. The third-order valence-electron chi connectivity index (χ3n) is 5.05. The standard InChI is InChI=1S/C18H24N2O3/c1-12-9-13(2)16(14(3)10-12)15-11-18(20(22)17(15)21)5-7-19(23-4)8-6-18/h9-11,22H,5-8H2,1-4H3. The molecule has 0 aliphatic carbocycles. The molecule has 2 aliphatic rings. The minimum atomic E-state index is -0.606. The molecule has 1 N–H and O–H groups in total. The van der Waals surface area contributed by atoms with Gasteiger partial charge in [0.25, 0.3) is 5.91 Å². The van der Waals surface area contributed by atoms with Gasteiger partial charge in [-0.25, -0.2) is 5.06 Å². The van der Waals surface area contributed by atoms with E-state index in [1.54, 1.807) is 7.11 Å². The third-order valence-corrected chi connectivity index (χ3v) is 5.05. The van der Waals surface area contributed by atoms with Crippen LogP contribution in [0.5, 0.6) is 0 Å². The van der Waals surface area contributed by atoms with Gasteiger partial charge in [-0.05, 0) is 56.4 Å². The van der Waals surface area contributed by atoms with Gasteiger partial charge < -0.3 is 4.84 Å². The molecule has 0 aromatic heterocycles. The van der Waals surface area contributed by atoms with E-state index >= 15 is 0 Å². The van der Waals surface area contributed by atoms with Gasteiger partial charge in [-0.3, -0.25) is 10.0 Å². The van der Waals surface area contributed by atoms with Crippen LogP contribution in [0.15, 0.2) is 18.2 Å². The van der Waals surface area contributed by atoms with E-state index in [0.29, 0.717) is 31.5 Å². The first kappa shape index (κ1) is 16.2. The van der Waals surface area contributed by atoms with Crippen molar-refractivity contribution in [3.63, 3.8) is 0 Å². The zero-order valence-corrected chi connectivity index (χ0v) is 14.2. The van der Waals surface area contributed by atoms with Crippen molar-refractivity contribution in [3.05, 3.63) is 40.5 Å². The van der Waals surface area contributed by atoms with Gasteiger partial charge in [-0.1, -0.05) is 17.7 Å². The maximum atomic E-state index is 12.7. The Morgan fingerprint density at radius 2 is 1.70 bits per heavy atom. The van der Waals surface area contributed by atoms with Crippen LogP contribution in [0.3, 0.4) is 0 Å². The van der Waals surface area contributed by atoms with Gasteiger partial charge >= 0.3 is 0 Å². The SMILES string of the molecule is CON1CCC2(C=C(c3c(C)cc(C)cc3C)C(=O)N2O)CC1. The van der Waals surface area contributed by atoms with Gasteiger partial charge in [0.1, 0.15) is 0 Å². The fourth-order valence-electron chi connectivity index (χ4n) is 3.90. The predicted octanol–water partition coefficient (Wildman–Crippen LogP) is 2.62. The number of carbonyl (C=O) groups is 1. The molecule has 1 aromatic carbocycles. The molecule has 0 saturated carbocycles. The summed E-state index contributed by atoms with van der Waals surface area (Å²) in [6.45, 7) is 7.47. The number of benzene rings is 1. The second kappa shape index (κ2) is 5.74. The van der Waals surface area contributed by atoms with Crippen LogP contribution < -0.4 is 0 Å². The third kappa shape index (κ3) is 2.59. The van der Waals surface area contributed by atoms with E-state index in [2.05, 4.69) is 19.1 Å². The summed E-state index contributed by atoms with van der Waals surface area (Å²) in [5, 5.41) is 13.3. The largest absolute Gasteiger partial charge is 0.302 e. The summed E-state index contributed by atoms with van der Waals surface area (Å²) in [5.74, 6) is -0.300. The van der Waals surface area contributed by atoms with Crippen molar-refractivity contribution < 1.29 is 14.8 Å². The number of hydroxylamine groups is 4. The normalized spacial score (nSPS) is 21.2. The highest BCUT2D eigenvalue weighted by Gasteiger charge is 2.47. The van der Waals surface area contributed by atoms with Crippen LogP contribution >= 0.6 is 0 Å². The lowest BCUT2D eigenvalue weighted by Gasteiger charge is -2.39. The van der Waals surface area contributed by atoms with E-state index in [4.69, 9.17) is 4.84 Å². The van der Waals surface area contributed by atoms with Crippen molar-refractivity contribution in [2.45, 2.75) is 39.2 Å². The summed E-state index contributed by atoms with van der Waals surface area (Å²) in [6, 6.07) is 4.16. The average Bonchev–Trinajstić information content (AvgIpc) is 2.73. The predicted molar refractivity (Wildman–Crippen MR) is 87.8 cm³/mol. The molecule has 5 nitrogen and oxygen atoms in total. The Labute approximate surface area is 137 Å². The van der Waals surface area contributed by atoms with Crippen molar-refractivity contribution in [1.82, 2.24) is 10.1 Å². The van der Waals surface area contributed by atoms with Gasteiger partial charge in [-0.15, -0.1) is 0 Å². The van der Waals surface area contributed by atoms with Crippen molar-refractivity contribution >= 4 is 11.5 Å². The number of piperidine rings is 1. The molecule has 0 atom stereocenters. The maximum absolute atomic E-state index is 12.7. The molecule has 23 heavy (non-hydrogen) atoms. The first-order valence-electron chi connectivity index (χ1n) is 8.01. The van der Waals surface area contributed by atoms with Gasteiger partial charge in [0, 0.05) is 18.7 Å². The van der Waals surface area contributed by atoms with E-state index < -0.39 is 5.54 Å². The Morgan fingerprint density at radius 3 is 2.22 bits per heavy atom. The van der Waals surface area contributed by atoms with Crippen LogP contribution in [0.25, 0.3) is 5.57 Å². The molecular formula is C18H24N2O3. The highest BCUT2D eigenvalue weighted by Crippen LogP contribution is 2.41. The Balaban J connectivity index is 2.01. The summed E-state index contributed by atoms with van der Waals surface area (Å²) >= 11 is 0. The van der Waals surface area contributed by atoms with Crippen LogP contribution in [-0.2, 0) is 9.63 Å². The highest BCUT2D eigenvalue weighted by atomic mass is 16.7. The van der Waals surface area contributed by atoms with Crippen molar-refractivity contribution in [3.8, 4) is 0 Å². The molecule has 1 amide bonds. The minimum Gasteiger partial charge on any atom is -0.302 e. The number of hydrogen-bond acceptors (Lipinski definition) is 4. The molecule has 3 rings (SSSR count). The van der Waals surface area contributed by atoms with Gasteiger partial charge in [0.2, 0.25) is 0 Å². The minimum absolute atomic E-state index is 0.300. The fourth-order valence-corrected chi connectivity index (χ4v) is 3.90. The zero-order valence-electron chi connectivity index (χ0n) is 14.2. The van der Waals surface area contributed by atoms with Crippen molar-refractivity contribution in [1.29, 1.82) is 0 Å². The lowest BCUT2D eigenvalue weighted by molar-refractivity contribution is -0.203. The van der Waals surface area contributed by atoms with Gasteiger partial charge in [-0.2, -0.15) is 5.06 Å². The lowest BCUT2D eigenvalue weighted by atomic mass is 9.87.